The Morgan fingerprint density at radius 1 is 1.17 bits per heavy atom. The van der Waals surface area contributed by atoms with Crippen LogP contribution >= 0.6 is 0 Å². The van der Waals surface area contributed by atoms with Gasteiger partial charge in [0.2, 0.25) is 0 Å². The number of alkyl halides is 3. The maximum absolute atomic E-state index is 12.4. The quantitative estimate of drug-likeness (QED) is 0.817. The highest BCUT2D eigenvalue weighted by Gasteiger charge is 2.31. The average Bonchev–Trinajstić information content (AvgIpc) is 3.03. The van der Waals surface area contributed by atoms with Crippen molar-refractivity contribution < 1.29 is 22.6 Å². The predicted octanol–water partition coefficient (Wildman–Crippen LogP) is 4.58. The van der Waals surface area contributed by atoms with Crippen LogP contribution in [0.3, 0.4) is 0 Å². The predicted molar refractivity (Wildman–Crippen MR) is 82.6 cm³/mol. The highest BCUT2D eigenvalue weighted by Crippen LogP contribution is 2.34. The molecule has 1 fully saturated rings. The summed E-state index contributed by atoms with van der Waals surface area (Å²) in [4.78, 5) is 4.33. The van der Waals surface area contributed by atoms with Crippen molar-refractivity contribution in [1.82, 2.24) is 9.55 Å². The van der Waals surface area contributed by atoms with Gasteiger partial charge >= 0.3 is 6.36 Å². The van der Waals surface area contributed by atoms with Crippen LogP contribution in [-0.2, 0) is 4.74 Å². The summed E-state index contributed by atoms with van der Waals surface area (Å²) < 4.78 is 48.6. The zero-order chi connectivity index (χ0) is 17.2. The van der Waals surface area contributed by atoms with Gasteiger partial charge in [-0.3, -0.25) is 0 Å². The maximum atomic E-state index is 12.4. The summed E-state index contributed by atoms with van der Waals surface area (Å²) in [5.74, 6) is 0.418. The number of nitrogens with zero attached hydrogens (tertiary/aromatic N) is 2. The molecule has 2 aromatic rings. The van der Waals surface area contributed by atoms with Crippen molar-refractivity contribution in [2.75, 3.05) is 7.11 Å². The van der Waals surface area contributed by atoms with Gasteiger partial charge in [0.1, 0.15) is 11.6 Å². The van der Waals surface area contributed by atoms with E-state index in [1.165, 1.54) is 18.2 Å². The molecule has 7 heteroatoms. The Bertz CT molecular complexity index is 676. The standard InChI is InChI=1S/C17H19F3N2O2/c1-23-14-7-5-13(6-8-14)22-10-9-21-16(22)12-3-2-4-15(11-12)24-17(18,19)20/h2-4,9-11,13-14H,5-8H2,1H3. The molecule has 1 saturated carbocycles. The highest BCUT2D eigenvalue weighted by atomic mass is 19.4. The van der Waals surface area contributed by atoms with Crippen LogP contribution in [0.4, 0.5) is 13.2 Å². The van der Waals surface area contributed by atoms with Crippen molar-refractivity contribution in [3.63, 3.8) is 0 Å². The van der Waals surface area contributed by atoms with Gasteiger partial charge in [0.25, 0.3) is 0 Å². The lowest BCUT2D eigenvalue weighted by Crippen LogP contribution is -2.22. The minimum absolute atomic E-state index is 0.238. The van der Waals surface area contributed by atoms with Crippen molar-refractivity contribution in [3.05, 3.63) is 36.7 Å². The average molecular weight is 340 g/mol. The van der Waals surface area contributed by atoms with E-state index in [2.05, 4.69) is 9.72 Å². The lowest BCUT2D eigenvalue weighted by Gasteiger charge is -2.29. The summed E-state index contributed by atoms with van der Waals surface area (Å²) in [5.41, 5.74) is 0.607. The molecule has 24 heavy (non-hydrogen) atoms. The molecule has 1 aliphatic carbocycles. The van der Waals surface area contributed by atoms with E-state index >= 15 is 0 Å². The number of methoxy groups -OCH3 is 1. The first-order valence-corrected chi connectivity index (χ1v) is 7.88. The minimum Gasteiger partial charge on any atom is -0.406 e. The maximum Gasteiger partial charge on any atom is 0.573 e. The molecular weight excluding hydrogens is 321 g/mol. The monoisotopic (exact) mass is 340 g/mol. The van der Waals surface area contributed by atoms with Gasteiger partial charge in [-0.2, -0.15) is 0 Å². The number of imidazole rings is 1. The fourth-order valence-corrected chi connectivity index (χ4v) is 3.22. The van der Waals surface area contributed by atoms with Crippen molar-refractivity contribution in [1.29, 1.82) is 0 Å². The zero-order valence-electron chi connectivity index (χ0n) is 13.3. The van der Waals surface area contributed by atoms with E-state index in [4.69, 9.17) is 4.74 Å². The molecule has 1 aliphatic rings. The summed E-state index contributed by atoms with van der Waals surface area (Å²) >= 11 is 0. The minimum atomic E-state index is -4.70. The summed E-state index contributed by atoms with van der Waals surface area (Å²) in [6.07, 6.45) is 3.00. The Labute approximate surface area is 138 Å². The van der Waals surface area contributed by atoms with E-state index in [1.807, 2.05) is 10.8 Å². The van der Waals surface area contributed by atoms with Gasteiger partial charge in [-0.25, -0.2) is 4.98 Å². The van der Waals surface area contributed by atoms with Crippen LogP contribution in [0.25, 0.3) is 11.4 Å². The van der Waals surface area contributed by atoms with Crippen LogP contribution < -0.4 is 4.74 Å². The number of hydrogen-bond donors (Lipinski definition) is 0. The molecule has 0 bridgehead atoms. The smallest absolute Gasteiger partial charge is 0.406 e. The van der Waals surface area contributed by atoms with Crippen LogP contribution in [-0.4, -0.2) is 29.1 Å². The van der Waals surface area contributed by atoms with Gasteiger partial charge in [0.05, 0.1) is 6.10 Å². The molecule has 0 atom stereocenters. The number of ether oxygens (including phenoxy) is 2. The van der Waals surface area contributed by atoms with Crippen LogP contribution in [0.2, 0.25) is 0 Å². The first-order chi connectivity index (χ1) is 11.5. The summed E-state index contributed by atoms with van der Waals surface area (Å²) in [7, 11) is 1.72. The molecule has 1 aromatic carbocycles. The number of benzene rings is 1. The van der Waals surface area contributed by atoms with Crippen LogP contribution in [0.1, 0.15) is 31.7 Å². The third-order valence-electron chi connectivity index (χ3n) is 4.36. The first-order valence-electron chi connectivity index (χ1n) is 7.88. The third kappa shape index (κ3) is 3.90. The van der Waals surface area contributed by atoms with Gasteiger partial charge in [-0.05, 0) is 37.8 Å². The van der Waals surface area contributed by atoms with Crippen LogP contribution in [0, 0.1) is 0 Å². The molecule has 0 unspecified atom stereocenters. The van der Waals surface area contributed by atoms with Gasteiger partial charge in [-0.1, -0.05) is 12.1 Å². The SMILES string of the molecule is COC1CCC(n2ccnc2-c2cccc(OC(F)(F)F)c2)CC1. The highest BCUT2D eigenvalue weighted by molar-refractivity contribution is 5.58. The van der Waals surface area contributed by atoms with Gasteiger partial charge in [0.15, 0.2) is 0 Å². The second kappa shape index (κ2) is 6.84. The molecule has 0 radical (unpaired) electrons. The lowest BCUT2D eigenvalue weighted by atomic mass is 9.92. The second-order valence-electron chi connectivity index (χ2n) is 5.90. The Balaban J connectivity index is 1.82. The Morgan fingerprint density at radius 3 is 2.58 bits per heavy atom. The summed E-state index contributed by atoms with van der Waals surface area (Å²) in [6, 6.07) is 6.21. The molecular formula is C17H19F3N2O2. The fourth-order valence-electron chi connectivity index (χ4n) is 3.22. The Kier molecular flexibility index (Phi) is 4.80. The fraction of sp³-hybridized carbons (Fsp3) is 0.471. The summed E-state index contributed by atoms with van der Waals surface area (Å²) in [5, 5.41) is 0. The molecule has 1 heterocycles. The normalized spacial score (nSPS) is 21.7. The topological polar surface area (TPSA) is 36.3 Å². The second-order valence-corrected chi connectivity index (χ2v) is 5.90. The third-order valence-corrected chi connectivity index (χ3v) is 4.36. The number of halogens is 3. The molecule has 4 nitrogen and oxygen atoms in total. The van der Waals surface area contributed by atoms with Gasteiger partial charge in [0, 0.05) is 31.1 Å². The lowest BCUT2D eigenvalue weighted by molar-refractivity contribution is -0.274. The molecule has 0 amide bonds. The summed E-state index contributed by atoms with van der Waals surface area (Å²) in [6.45, 7) is 0. The molecule has 0 spiro atoms. The number of hydrogen-bond acceptors (Lipinski definition) is 3. The van der Waals surface area contributed by atoms with E-state index in [0.717, 1.165) is 25.7 Å². The molecule has 0 saturated heterocycles. The molecule has 0 aliphatic heterocycles. The van der Waals surface area contributed by atoms with Crippen molar-refractivity contribution in [3.8, 4) is 17.1 Å². The number of rotatable bonds is 4. The molecule has 0 N–H and O–H groups in total. The number of aromatic nitrogens is 2. The van der Waals surface area contributed by atoms with Crippen LogP contribution in [0.15, 0.2) is 36.7 Å². The first kappa shape index (κ1) is 16.8. The Morgan fingerprint density at radius 2 is 1.92 bits per heavy atom. The van der Waals surface area contributed by atoms with Crippen molar-refractivity contribution in [2.45, 2.75) is 44.2 Å². The van der Waals surface area contributed by atoms with E-state index in [1.54, 1.807) is 19.4 Å². The Hall–Kier alpha value is -2.02. The van der Waals surface area contributed by atoms with Crippen molar-refractivity contribution in [2.24, 2.45) is 0 Å². The molecule has 130 valence electrons. The largest absolute Gasteiger partial charge is 0.573 e. The molecule has 3 rings (SSSR count). The van der Waals surface area contributed by atoms with E-state index in [9.17, 15) is 13.2 Å². The van der Waals surface area contributed by atoms with Crippen molar-refractivity contribution >= 4 is 0 Å². The van der Waals surface area contributed by atoms with E-state index in [-0.39, 0.29) is 17.9 Å². The molecule has 1 aromatic heterocycles. The van der Waals surface area contributed by atoms with Gasteiger partial charge in [-0.15, -0.1) is 13.2 Å². The zero-order valence-corrected chi connectivity index (χ0v) is 13.3. The van der Waals surface area contributed by atoms with E-state index in [0.29, 0.717) is 11.4 Å². The van der Waals surface area contributed by atoms with Crippen LogP contribution in [0.5, 0.6) is 5.75 Å². The van der Waals surface area contributed by atoms with Gasteiger partial charge < -0.3 is 14.0 Å². The van der Waals surface area contributed by atoms with E-state index < -0.39 is 6.36 Å².